The number of carbonyl (C=O) groups is 1. The largest absolute Gasteiger partial charge is 0.309 e. The Labute approximate surface area is 135 Å². The maximum absolute atomic E-state index is 11.9. The molecule has 0 unspecified atom stereocenters. The van der Waals surface area contributed by atoms with E-state index >= 15 is 0 Å². The summed E-state index contributed by atoms with van der Waals surface area (Å²) in [7, 11) is 0. The lowest BCUT2D eigenvalue weighted by Gasteiger charge is -2.14. The predicted molar refractivity (Wildman–Crippen MR) is 88.7 cm³/mol. The van der Waals surface area contributed by atoms with Crippen molar-refractivity contribution in [2.45, 2.75) is 34.6 Å². The number of nitriles is 1. The van der Waals surface area contributed by atoms with E-state index in [-0.39, 0.29) is 0 Å². The highest BCUT2D eigenvalue weighted by atomic mass is 35.5. The SMILES string of the molecule is CC.Cc1nc(Cl)cc2cc(NC(=O)C(C)(C)C#N)ncc12. The Kier molecular flexibility index (Phi) is 5.84. The van der Waals surface area contributed by atoms with Gasteiger partial charge in [0.25, 0.3) is 0 Å². The lowest BCUT2D eigenvalue weighted by molar-refractivity contribution is -0.121. The van der Waals surface area contributed by atoms with Gasteiger partial charge in [0.2, 0.25) is 5.91 Å². The zero-order valence-corrected chi connectivity index (χ0v) is 14.1. The standard InChI is InChI=1S/C14H13ClN4O.C2H6/c1-8-10-6-17-12(5-9(10)4-11(15)18-8)19-13(20)14(2,3)7-16;1-2/h4-6H,1-3H3,(H,17,19,20);1-2H3. The topological polar surface area (TPSA) is 78.7 Å². The maximum atomic E-state index is 11.9. The van der Waals surface area contributed by atoms with Gasteiger partial charge < -0.3 is 5.32 Å². The molecule has 2 aromatic rings. The average Bonchev–Trinajstić information content (AvgIpc) is 2.48. The van der Waals surface area contributed by atoms with Crippen molar-refractivity contribution in [3.05, 3.63) is 29.2 Å². The lowest BCUT2D eigenvalue weighted by Crippen LogP contribution is -2.29. The monoisotopic (exact) mass is 318 g/mol. The minimum Gasteiger partial charge on any atom is -0.309 e. The van der Waals surface area contributed by atoms with Crippen LogP contribution in [0.15, 0.2) is 18.3 Å². The number of fused-ring (bicyclic) bond motifs is 1. The highest BCUT2D eigenvalue weighted by molar-refractivity contribution is 6.30. The molecule has 0 radical (unpaired) electrons. The van der Waals surface area contributed by atoms with E-state index in [1.807, 2.05) is 26.8 Å². The average molecular weight is 319 g/mol. The van der Waals surface area contributed by atoms with Gasteiger partial charge in [-0.05, 0) is 38.3 Å². The van der Waals surface area contributed by atoms with Gasteiger partial charge in [0.1, 0.15) is 16.4 Å². The van der Waals surface area contributed by atoms with Crippen molar-refractivity contribution in [1.82, 2.24) is 9.97 Å². The predicted octanol–water partition coefficient (Wildman–Crippen LogP) is 4.11. The Hall–Kier alpha value is -2.19. The number of amides is 1. The number of anilines is 1. The second-order valence-corrected chi connectivity index (χ2v) is 5.40. The molecular weight excluding hydrogens is 300 g/mol. The van der Waals surface area contributed by atoms with E-state index in [2.05, 4.69) is 15.3 Å². The summed E-state index contributed by atoms with van der Waals surface area (Å²) >= 11 is 5.92. The van der Waals surface area contributed by atoms with Crippen molar-refractivity contribution in [2.75, 3.05) is 5.32 Å². The molecule has 0 fully saturated rings. The number of carbonyl (C=O) groups excluding carboxylic acids is 1. The molecule has 0 bridgehead atoms. The van der Waals surface area contributed by atoms with E-state index in [1.54, 1.807) is 32.2 Å². The van der Waals surface area contributed by atoms with Crippen molar-refractivity contribution >= 4 is 34.1 Å². The van der Waals surface area contributed by atoms with Crippen molar-refractivity contribution in [2.24, 2.45) is 5.41 Å². The van der Waals surface area contributed by atoms with E-state index in [4.69, 9.17) is 16.9 Å². The highest BCUT2D eigenvalue weighted by Gasteiger charge is 2.27. The number of aromatic nitrogens is 2. The molecule has 2 aromatic heterocycles. The maximum Gasteiger partial charge on any atom is 0.245 e. The molecule has 0 aliphatic carbocycles. The van der Waals surface area contributed by atoms with Crippen LogP contribution in [0.3, 0.4) is 0 Å². The first kappa shape index (κ1) is 17.9. The third-order valence-electron chi connectivity index (χ3n) is 2.96. The fourth-order valence-corrected chi connectivity index (χ4v) is 1.91. The number of pyridine rings is 2. The Morgan fingerprint density at radius 1 is 1.36 bits per heavy atom. The number of aryl methyl sites for hydroxylation is 1. The highest BCUT2D eigenvalue weighted by Crippen LogP contribution is 2.23. The van der Waals surface area contributed by atoms with Crippen LogP contribution < -0.4 is 5.32 Å². The molecule has 0 aromatic carbocycles. The van der Waals surface area contributed by atoms with E-state index in [0.29, 0.717) is 11.0 Å². The van der Waals surface area contributed by atoms with Crippen LogP contribution in [0.25, 0.3) is 10.8 Å². The van der Waals surface area contributed by atoms with Gasteiger partial charge >= 0.3 is 0 Å². The molecule has 116 valence electrons. The number of nitrogens with one attached hydrogen (secondary N) is 1. The van der Waals surface area contributed by atoms with Gasteiger partial charge in [0.15, 0.2) is 0 Å². The van der Waals surface area contributed by atoms with Crippen LogP contribution in [0.1, 0.15) is 33.4 Å². The quantitative estimate of drug-likeness (QED) is 0.845. The Morgan fingerprint density at radius 2 is 2.00 bits per heavy atom. The normalized spacial score (nSPS) is 10.4. The van der Waals surface area contributed by atoms with E-state index in [1.165, 1.54) is 0 Å². The molecule has 0 saturated heterocycles. The summed E-state index contributed by atoms with van der Waals surface area (Å²) in [6.07, 6.45) is 1.63. The van der Waals surface area contributed by atoms with Crippen molar-refractivity contribution in [3.8, 4) is 6.07 Å². The molecule has 2 heterocycles. The molecular formula is C16H19ClN4O. The molecule has 6 heteroatoms. The molecule has 0 saturated carbocycles. The summed E-state index contributed by atoms with van der Waals surface area (Å²) in [6, 6.07) is 5.36. The van der Waals surface area contributed by atoms with Crippen LogP contribution in [0.5, 0.6) is 0 Å². The fourth-order valence-electron chi connectivity index (χ4n) is 1.67. The second kappa shape index (κ2) is 7.19. The Morgan fingerprint density at radius 3 is 2.59 bits per heavy atom. The third kappa shape index (κ3) is 3.92. The molecule has 0 spiro atoms. The number of nitrogens with zero attached hydrogens (tertiary/aromatic N) is 3. The van der Waals surface area contributed by atoms with Gasteiger partial charge in [-0.2, -0.15) is 5.26 Å². The van der Waals surface area contributed by atoms with E-state index in [9.17, 15) is 4.79 Å². The first-order chi connectivity index (χ1) is 10.3. The van der Waals surface area contributed by atoms with Gasteiger partial charge in [0, 0.05) is 17.3 Å². The smallest absolute Gasteiger partial charge is 0.245 e. The van der Waals surface area contributed by atoms with Crippen molar-refractivity contribution in [1.29, 1.82) is 5.26 Å². The second-order valence-electron chi connectivity index (χ2n) is 5.01. The van der Waals surface area contributed by atoms with Gasteiger partial charge in [-0.3, -0.25) is 4.79 Å². The summed E-state index contributed by atoms with van der Waals surface area (Å²) in [6.45, 7) is 8.94. The van der Waals surface area contributed by atoms with E-state index < -0.39 is 11.3 Å². The van der Waals surface area contributed by atoms with Gasteiger partial charge in [-0.15, -0.1) is 0 Å². The molecule has 1 N–H and O–H groups in total. The number of hydrogen-bond donors (Lipinski definition) is 1. The molecule has 0 atom stereocenters. The lowest BCUT2D eigenvalue weighted by atomic mass is 9.95. The summed E-state index contributed by atoms with van der Waals surface area (Å²) in [5.74, 6) is -0.0174. The molecule has 1 amide bonds. The molecule has 0 aliphatic heterocycles. The zero-order valence-electron chi connectivity index (χ0n) is 13.4. The van der Waals surface area contributed by atoms with Crippen molar-refractivity contribution < 1.29 is 4.79 Å². The van der Waals surface area contributed by atoms with Crippen LogP contribution in [0.4, 0.5) is 5.82 Å². The van der Waals surface area contributed by atoms with Crippen LogP contribution >= 0.6 is 11.6 Å². The number of rotatable bonds is 2. The van der Waals surface area contributed by atoms with Gasteiger partial charge in [-0.25, -0.2) is 9.97 Å². The minimum atomic E-state index is -1.11. The number of hydrogen-bond acceptors (Lipinski definition) is 4. The summed E-state index contributed by atoms with van der Waals surface area (Å²) in [5, 5.41) is 13.6. The summed E-state index contributed by atoms with van der Waals surface area (Å²) < 4.78 is 0. The minimum absolute atomic E-state index is 0.382. The molecule has 0 aliphatic rings. The van der Waals surface area contributed by atoms with E-state index in [0.717, 1.165) is 16.5 Å². The first-order valence-corrected chi connectivity index (χ1v) is 7.37. The molecule has 5 nitrogen and oxygen atoms in total. The molecule has 2 rings (SSSR count). The summed E-state index contributed by atoms with van der Waals surface area (Å²) in [5.41, 5.74) is -0.335. The van der Waals surface area contributed by atoms with Gasteiger partial charge in [0.05, 0.1) is 6.07 Å². The van der Waals surface area contributed by atoms with Crippen LogP contribution in [-0.2, 0) is 4.79 Å². The Bertz CT molecular complexity index is 735. The fraction of sp³-hybridized carbons (Fsp3) is 0.375. The Balaban J connectivity index is 0.00000116. The van der Waals surface area contributed by atoms with Crippen LogP contribution in [-0.4, -0.2) is 15.9 Å². The van der Waals surface area contributed by atoms with Crippen molar-refractivity contribution in [3.63, 3.8) is 0 Å². The van der Waals surface area contributed by atoms with Crippen LogP contribution in [0.2, 0.25) is 5.15 Å². The zero-order chi connectivity index (χ0) is 16.9. The summed E-state index contributed by atoms with van der Waals surface area (Å²) in [4.78, 5) is 20.2. The van der Waals surface area contributed by atoms with Crippen LogP contribution in [0, 0.1) is 23.7 Å². The third-order valence-corrected chi connectivity index (χ3v) is 3.16. The molecule has 22 heavy (non-hydrogen) atoms. The van der Waals surface area contributed by atoms with Gasteiger partial charge in [-0.1, -0.05) is 25.4 Å². The number of halogens is 1. The first-order valence-electron chi connectivity index (χ1n) is 6.99.